The molecular weight excluding hydrogens is 538 g/mol. The number of benzene rings is 6. The van der Waals surface area contributed by atoms with Gasteiger partial charge in [-0.1, -0.05) is 140 Å². The van der Waals surface area contributed by atoms with Crippen LogP contribution in [0.25, 0.3) is 78.5 Å². The highest BCUT2D eigenvalue weighted by atomic mass is 15.1. The zero-order chi connectivity index (χ0) is 29.3. The van der Waals surface area contributed by atoms with E-state index < -0.39 is 0 Å². The fourth-order valence-electron chi connectivity index (χ4n) is 5.61. The van der Waals surface area contributed by atoms with Gasteiger partial charge in [0, 0.05) is 22.3 Å². The van der Waals surface area contributed by atoms with Crippen molar-refractivity contribution in [2.24, 2.45) is 0 Å². The smallest absolute Gasteiger partial charge is 0.182 e. The molecule has 0 amide bonds. The molecule has 0 saturated heterocycles. The molecule has 6 aromatic carbocycles. The van der Waals surface area contributed by atoms with Crippen LogP contribution in [0, 0.1) is 0 Å². The minimum atomic E-state index is 0.489. The maximum atomic E-state index is 5.14. The van der Waals surface area contributed by atoms with E-state index in [0.717, 1.165) is 38.7 Å². The summed E-state index contributed by atoms with van der Waals surface area (Å²) in [5.74, 6) is 2.28. The van der Waals surface area contributed by atoms with Crippen LogP contribution in [0.2, 0.25) is 0 Å². The molecule has 2 heterocycles. The van der Waals surface area contributed by atoms with Gasteiger partial charge in [0.25, 0.3) is 0 Å². The molecule has 8 aromatic rings. The lowest BCUT2D eigenvalue weighted by atomic mass is 9.95. The SMILES string of the molecule is c1ccc(-c2nc(-c3nc(-c4ccccc4)nc(-c4ccccc4)n3)cc(-c3cc4ccccc4c4ccccc34)n2)cc1. The highest BCUT2D eigenvalue weighted by Crippen LogP contribution is 2.36. The molecule has 0 fully saturated rings. The number of aromatic nitrogens is 5. The van der Waals surface area contributed by atoms with Gasteiger partial charge in [-0.25, -0.2) is 24.9 Å². The Hall–Kier alpha value is -6.07. The van der Waals surface area contributed by atoms with Gasteiger partial charge < -0.3 is 0 Å². The van der Waals surface area contributed by atoms with E-state index in [1.165, 1.54) is 10.8 Å². The summed E-state index contributed by atoms with van der Waals surface area (Å²) in [6.07, 6.45) is 0. The van der Waals surface area contributed by atoms with Crippen LogP contribution in [0.1, 0.15) is 0 Å². The Labute approximate surface area is 254 Å². The molecule has 0 saturated carbocycles. The Morgan fingerprint density at radius 2 is 0.727 bits per heavy atom. The van der Waals surface area contributed by atoms with Crippen molar-refractivity contribution in [3.05, 3.63) is 152 Å². The van der Waals surface area contributed by atoms with Crippen LogP contribution in [-0.4, -0.2) is 24.9 Å². The normalized spacial score (nSPS) is 11.2. The number of hydrogen-bond donors (Lipinski definition) is 0. The van der Waals surface area contributed by atoms with Gasteiger partial charge in [0.15, 0.2) is 23.3 Å². The van der Waals surface area contributed by atoms with E-state index >= 15 is 0 Å². The maximum Gasteiger partial charge on any atom is 0.182 e. The maximum absolute atomic E-state index is 5.14. The number of fused-ring (bicyclic) bond motifs is 3. The van der Waals surface area contributed by atoms with Crippen LogP contribution >= 0.6 is 0 Å². The van der Waals surface area contributed by atoms with Crippen LogP contribution in [-0.2, 0) is 0 Å². The molecule has 8 rings (SSSR count). The zero-order valence-electron chi connectivity index (χ0n) is 23.7. The van der Waals surface area contributed by atoms with E-state index in [2.05, 4.69) is 54.6 Å². The van der Waals surface area contributed by atoms with Crippen LogP contribution < -0.4 is 0 Å². The van der Waals surface area contributed by atoms with Crippen LogP contribution in [0.3, 0.4) is 0 Å². The summed E-state index contributed by atoms with van der Waals surface area (Å²) in [7, 11) is 0. The van der Waals surface area contributed by atoms with Crippen molar-refractivity contribution in [1.29, 1.82) is 0 Å². The third-order valence-corrected chi connectivity index (χ3v) is 7.73. The van der Waals surface area contributed by atoms with Gasteiger partial charge in [-0.3, -0.25) is 0 Å². The summed E-state index contributed by atoms with van der Waals surface area (Å²) >= 11 is 0. The average Bonchev–Trinajstić information content (AvgIpc) is 3.12. The molecule has 0 aliphatic carbocycles. The van der Waals surface area contributed by atoms with Gasteiger partial charge in [-0.15, -0.1) is 0 Å². The van der Waals surface area contributed by atoms with Crippen LogP contribution in [0.15, 0.2) is 152 Å². The predicted octanol–water partition coefficient (Wildman–Crippen LogP) is 9.30. The van der Waals surface area contributed by atoms with Gasteiger partial charge in [-0.2, -0.15) is 0 Å². The topological polar surface area (TPSA) is 64.5 Å². The van der Waals surface area contributed by atoms with Gasteiger partial charge in [0.1, 0.15) is 5.69 Å². The second-order valence-corrected chi connectivity index (χ2v) is 10.6. The van der Waals surface area contributed by atoms with Crippen molar-refractivity contribution in [3.8, 4) is 56.9 Å². The summed E-state index contributed by atoms with van der Waals surface area (Å²) in [6.45, 7) is 0. The lowest BCUT2D eigenvalue weighted by Crippen LogP contribution is -2.03. The first kappa shape index (κ1) is 25.6. The molecule has 2 aromatic heterocycles. The Morgan fingerprint density at radius 1 is 0.295 bits per heavy atom. The fraction of sp³-hybridized carbons (Fsp3) is 0. The Bertz CT molecular complexity index is 2210. The third-order valence-electron chi connectivity index (χ3n) is 7.73. The summed E-state index contributed by atoms with van der Waals surface area (Å²) in [6, 6.07) is 51.2. The van der Waals surface area contributed by atoms with Crippen molar-refractivity contribution < 1.29 is 0 Å². The molecule has 0 aliphatic rings. The number of hydrogen-bond acceptors (Lipinski definition) is 5. The Balaban J connectivity index is 1.41. The van der Waals surface area contributed by atoms with E-state index in [-0.39, 0.29) is 0 Å². The zero-order valence-corrected chi connectivity index (χ0v) is 23.7. The van der Waals surface area contributed by atoms with Gasteiger partial charge in [0.05, 0.1) is 5.69 Å². The second kappa shape index (κ2) is 11.0. The minimum Gasteiger partial charge on any atom is -0.228 e. The predicted molar refractivity (Wildman–Crippen MR) is 178 cm³/mol. The van der Waals surface area contributed by atoms with Crippen molar-refractivity contribution in [2.45, 2.75) is 0 Å². The fourth-order valence-corrected chi connectivity index (χ4v) is 5.61. The van der Waals surface area contributed by atoms with Crippen LogP contribution in [0.4, 0.5) is 0 Å². The molecule has 0 bridgehead atoms. The first-order valence-corrected chi connectivity index (χ1v) is 14.5. The van der Waals surface area contributed by atoms with Crippen molar-refractivity contribution in [1.82, 2.24) is 24.9 Å². The third kappa shape index (κ3) is 4.76. The Morgan fingerprint density at radius 3 is 1.32 bits per heavy atom. The highest BCUT2D eigenvalue weighted by molar-refractivity contribution is 6.13. The average molecular weight is 564 g/mol. The van der Waals surface area contributed by atoms with E-state index in [0.29, 0.717) is 29.0 Å². The lowest BCUT2D eigenvalue weighted by Gasteiger charge is -2.13. The molecule has 0 unspecified atom stereocenters. The molecule has 0 atom stereocenters. The van der Waals surface area contributed by atoms with E-state index in [1.54, 1.807) is 0 Å². The van der Waals surface area contributed by atoms with E-state index in [9.17, 15) is 0 Å². The molecule has 0 aliphatic heterocycles. The van der Waals surface area contributed by atoms with E-state index in [4.69, 9.17) is 24.9 Å². The molecule has 5 heteroatoms. The van der Waals surface area contributed by atoms with Crippen molar-refractivity contribution in [3.63, 3.8) is 0 Å². The molecular formula is C39H25N5. The monoisotopic (exact) mass is 563 g/mol. The van der Waals surface area contributed by atoms with E-state index in [1.807, 2.05) is 97.1 Å². The highest BCUT2D eigenvalue weighted by Gasteiger charge is 2.18. The summed E-state index contributed by atoms with van der Waals surface area (Å²) in [4.78, 5) is 25.0. The number of rotatable bonds is 5. The molecule has 206 valence electrons. The Kier molecular flexibility index (Phi) is 6.39. The van der Waals surface area contributed by atoms with Crippen LogP contribution in [0.5, 0.6) is 0 Å². The van der Waals surface area contributed by atoms with Gasteiger partial charge >= 0.3 is 0 Å². The quantitative estimate of drug-likeness (QED) is 0.195. The molecule has 0 radical (unpaired) electrons. The van der Waals surface area contributed by atoms with Gasteiger partial charge in [-0.05, 0) is 33.7 Å². The molecule has 5 nitrogen and oxygen atoms in total. The summed E-state index contributed by atoms with van der Waals surface area (Å²) in [5, 5.41) is 4.67. The lowest BCUT2D eigenvalue weighted by molar-refractivity contribution is 1.05. The molecule has 44 heavy (non-hydrogen) atoms. The second-order valence-electron chi connectivity index (χ2n) is 10.6. The first-order valence-electron chi connectivity index (χ1n) is 14.5. The minimum absolute atomic E-state index is 0.489. The summed E-state index contributed by atoms with van der Waals surface area (Å²) in [5.41, 5.74) is 5.20. The van der Waals surface area contributed by atoms with Crippen molar-refractivity contribution >= 4 is 21.5 Å². The molecule has 0 spiro atoms. The first-order chi connectivity index (χ1) is 21.8. The molecule has 0 N–H and O–H groups in total. The largest absolute Gasteiger partial charge is 0.228 e. The van der Waals surface area contributed by atoms with Crippen molar-refractivity contribution in [2.75, 3.05) is 0 Å². The standard InChI is InChI=1S/C39H25N5/c1-4-14-26(15-5-1)36-40-34(33-24-29-20-10-11-21-30(29)31-22-12-13-23-32(31)33)25-35(41-36)39-43-37(27-16-6-2-7-17-27)42-38(44-39)28-18-8-3-9-19-28/h1-25H. The summed E-state index contributed by atoms with van der Waals surface area (Å²) < 4.78 is 0. The number of nitrogens with zero attached hydrogens (tertiary/aromatic N) is 5. The van der Waals surface area contributed by atoms with Gasteiger partial charge in [0.2, 0.25) is 0 Å².